The topological polar surface area (TPSA) is 113 Å². The molecule has 0 saturated heterocycles. The van der Waals surface area contributed by atoms with Crippen LogP contribution in [0.3, 0.4) is 0 Å². The van der Waals surface area contributed by atoms with Crippen LogP contribution in [0.15, 0.2) is 12.1 Å². The van der Waals surface area contributed by atoms with Crippen molar-refractivity contribution in [3.8, 4) is 6.07 Å². The highest BCUT2D eigenvalue weighted by atomic mass is 19.1. The van der Waals surface area contributed by atoms with Gasteiger partial charge in [0.25, 0.3) is 11.6 Å². The Bertz CT molecular complexity index is 610. The van der Waals surface area contributed by atoms with Crippen molar-refractivity contribution >= 4 is 17.3 Å². The minimum Gasteiger partial charge on any atom is -0.392 e. The summed E-state index contributed by atoms with van der Waals surface area (Å²) in [4.78, 5) is 23.7. The Morgan fingerprint density at radius 1 is 1.57 bits per heavy atom. The third-order valence-corrected chi connectivity index (χ3v) is 2.93. The van der Waals surface area contributed by atoms with Crippen LogP contribution in [0.1, 0.15) is 30.6 Å². The Kier molecular flexibility index (Phi) is 5.18. The first-order valence-electron chi connectivity index (χ1n) is 6.21. The van der Waals surface area contributed by atoms with Crippen LogP contribution in [-0.2, 0) is 0 Å². The Balaban J connectivity index is 3.31. The zero-order chi connectivity index (χ0) is 16.2. The summed E-state index contributed by atoms with van der Waals surface area (Å²) in [5, 5.41) is 19.4. The number of rotatable bonds is 5. The molecule has 8 heteroatoms. The van der Waals surface area contributed by atoms with Gasteiger partial charge in [0.2, 0.25) is 0 Å². The maximum Gasteiger partial charge on any atom is 0.293 e. The van der Waals surface area contributed by atoms with Crippen molar-refractivity contribution < 1.29 is 14.1 Å². The second-order valence-corrected chi connectivity index (χ2v) is 4.61. The predicted octanol–water partition coefficient (Wildman–Crippen LogP) is 2.08. The first-order chi connectivity index (χ1) is 9.81. The van der Waals surface area contributed by atoms with Gasteiger partial charge in [-0.05, 0) is 19.9 Å². The summed E-state index contributed by atoms with van der Waals surface area (Å²) in [6, 6.07) is 3.34. The van der Waals surface area contributed by atoms with Crippen LogP contribution in [0.25, 0.3) is 0 Å². The first-order valence-corrected chi connectivity index (χ1v) is 6.21. The SMILES string of the molecule is CC(C)N(CCC#N)C(=O)c1c(F)ccc([N+](=O)[O-])c1N. The van der Waals surface area contributed by atoms with E-state index in [0.717, 1.165) is 12.1 Å². The number of benzene rings is 1. The molecular formula is C13H15FN4O3. The lowest BCUT2D eigenvalue weighted by atomic mass is 10.1. The molecule has 0 unspecified atom stereocenters. The van der Waals surface area contributed by atoms with Crippen LogP contribution in [0, 0.1) is 27.3 Å². The van der Waals surface area contributed by atoms with E-state index in [4.69, 9.17) is 11.0 Å². The number of hydrogen-bond acceptors (Lipinski definition) is 5. The van der Waals surface area contributed by atoms with E-state index in [1.165, 1.54) is 4.90 Å². The molecule has 2 N–H and O–H groups in total. The Morgan fingerprint density at radius 2 is 2.19 bits per heavy atom. The lowest BCUT2D eigenvalue weighted by molar-refractivity contribution is -0.384. The van der Waals surface area contributed by atoms with Gasteiger partial charge in [0.15, 0.2) is 0 Å². The molecule has 0 bridgehead atoms. The van der Waals surface area contributed by atoms with Gasteiger partial charge in [0, 0.05) is 18.7 Å². The molecule has 1 rings (SSSR count). The minimum atomic E-state index is -0.925. The van der Waals surface area contributed by atoms with Gasteiger partial charge >= 0.3 is 0 Å². The molecule has 0 radical (unpaired) electrons. The molecule has 112 valence electrons. The Morgan fingerprint density at radius 3 is 2.67 bits per heavy atom. The Labute approximate surface area is 120 Å². The van der Waals surface area contributed by atoms with E-state index in [0.29, 0.717) is 0 Å². The van der Waals surface area contributed by atoms with Crippen molar-refractivity contribution in [1.29, 1.82) is 5.26 Å². The summed E-state index contributed by atoms with van der Waals surface area (Å²) in [5.74, 6) is -1.69. The number of amides is 1. The second-order valence-electron chi connectivity index (χ2n) is 4.61. The fraction of sp³-hybridized carbons (Fsp3) is 0.385. The number of carbonyl (C=O) groups is 1. The van der Waals surface area contributed by atoms with E-state index in [2.05, 4.69) is 0 Å². The molecule has 0 aliphatic rings. The molecule has 21 heavy (non-hydrogen) atoms. The van der Waals surface area contributed by atoms with E-state index in [1.54, 1.807) is 13.8 Å². The zero-order valence-electron chi connectivity index (χ0n) is 11.7. The molecule has 0 aliphatic heterocycles. The lowest BCUT2D eigenvalue weighted by Gasteiger charge is -2.26. The van der Waals surface area contributed by atoms with Crippen LogP contribution < -0.4 is 5.73 Å². The highest BCUT2D eigenvalue weighted by molar-refractivity contribution is 6.01. The lowest BCUT2D eigenvalue weighted by Crippen LogP contribution is -2.38. The summed E-state index contributed by atoms with van der Waals surface area (Å²) >= 11 is 0. The van der Waals surface area contributed by atoms with Crippen LogP contribution in [0.4, 0.5) is 15.8 Å². The second kappa shape index (κ2) is 6.65. The number of nitro benzene ring substituents is 1. The van der Waals surface area contributed by atoms with Gasteiger partial charge in [-0.3, -0.25) is 14.9 Å². The largest absolute Gasteiger partial charge is 0.392 e. The Hall–Kier alpha value is -2.69. The number of nitrogens with zero attached hydrogens (tertiary/aromatic N) is 3. The fourth-order valence-corrected chi connectivity index (χ4v) is 1.87. The van der Waals surface area contributed by atoms with Crippen molar-refractivity contribution in [2.45, 2.75) is 26.3 Å². The maximum absolute atomic E-state index is 13.9. The molecule has 0 saturated carbocycles. The molecule has 0 fully saturated rings. The van der Waals surface area contributed by atoms with E-state index in [1.807, 2.05) is 6.07 Å². The van der Waals surface area contributed by atoms with Gasteiger partial charge in [0.05, 0.1) is 17.4 Å². The third-order valence-electron chi connectivity index (χ3n) is 2.93. The molecule has 1 amide bonds. The van der Waals surface area contributed by atoms with Crippen LogP contribution in [0.5, 0.6) is 0 Å². The normalized spacial score (nSPS) is 10.2. The van der Waals surface area contributed by atoms with Crippen molar-refractivity contribution in [3.63, 3.8) is 0 Å². The molecule has 0 aliphatic carbocycles. The third kappa shape index (κ3) is 3.45. The van der Waals surface area contributed by atoms with Crippen molar-refractivity contribution in [3.05, 3.63) is 33.6 Å². The monoisotopic (exact) mass is 294 g/mol. The molecule has 0 heterocycles. The average molecular weight is 294 g/mol. The number of nitrogen functional groups attached to an aromatic ring is 1. The van der Waals surface area contributed by atoms with Gasteiger partial charge < -0.3 is 10.6 Å². The predicted molar refractivity (Wildman–Crippen MR) is 73.9 cm³/mol. The number of hydrogen-bond donors (Lipinski definition) is 1. The maximum atomic E-state index is 13.9. The molecule has 1 aromatic carbocycles. The minimum absolute atomic E-state index is 0.0698. The molecule has 0 aromatic heterocycles. The molecule has 7 nitrogen and oxygen atoms in total. The number of halogens is 1. The smallest absolute Gasteiger partial charge is 0.293 e. The van der Waals surface area contributed by atoms with E-state index in [9.17, 15) is 19.3 Å². The van der Waals surface area contributed by atoms with E-state index in [-0.39, 0.29) is 19.0 Å². The molecule has 1 aromatic rings. The van der Waals surface area contributed by atoms with Gasteiger partial charge in [-0.15, -0.1) is 0 Å². The van der Waals surface area contributed by atoms with Crippen molar-refractivity contribution in [2.24, 2.45) is 0 Å². The highest BCUT2D eigenvalue weighted by Gasteiger charge is 2.28. The standard InChI is InChI=1S/C13H15FN4O3/c1-8(2)17(7-3-6-15)13(19)11-9(14)4-5-10(12(11)16)18(20)21/h4-5,8H,3,7,16H2,1-2H3. The summed E-state index contributed by atoms with van der Waals surface area (Å²) in [6.45, 7) is 3.48. The molecule has 0 spiro atoms. The van der Waals surface area contributed by atoms with Gasteiger partial charge in [-0.25, -0.2) is 4.39 Å². The van der Waals surface area contributed by atoms with Crippen molar-refractivity contribution in [1.82, 2.24) is 4.90 Å². The van der Waals surface area contributed by atoms with Gasteiger partial charge in [-0.1, -0.05) is 0 Å². The number of nitrogens with two attached hydrogens (primary N) is 1. The summed E-state index contributed by atoms with van der Waals surface area (Å²) in [5.41, 5.74) is 4.00. The van der Waals surface area contributed by atoms with E-state index < -0.39 is 33.6 Å². The fourth-order valence-electron chi connectivity index (χ4n) is 1.87. The van der Waals surface area contributed by atoms with Gasteiger partial charge in [-0.2, -0.15) is 5.26 Å². The number of carbonyl (C=O) groups excluding carboxylic acids is 1. The van der Waals surface area contributed by atoms with E-state index >= 15 is 0 Å². The number of nitro groups is 1. The van der Waals surface area contributed by atoms with Crippen LogP contribution in [-0.4, -0.2) is 28.3 Å². The summed E-state index contributed by atoms with van der Waals surface area (Å²) < 4.78 is 13.9. The first kappa shape index (κ1) is 16.4. The number of anilines is 1. The zero-order valence-corrected chi connectivity index (χ0v) is 11.7. The number of nitriles is 1. The molecular weight excluding hydrogens is 279 g/mol. The van der Waals surface area contributed by atoms with Crippen LogP contribution >= 0.6 is 0 Å². The summed E-state index contributed by atoms with van der Waals surface area (Å²) in [6.07, 6.45) is 0.0698. The highest BCUT2D eigenvalue weighted by Crippen LogP contribution is 2.28. The molecule has 0 atom stereocenters. The quantitative estimate of drug-likeness (QED) is 0.507. The average Bonchev–Trinajstić information content (AvgIpc) is 2.38. The summed E-state index contributed by atoms with van der Waals surface area (Å²) in [7, 11) is 0. The van der Waals surface area contributed by atoms with Crippen LogP contribution in [0.2, 0.25) is 0 Å². The van der Waals surface area contributed by atoms with Crippen molar-refractivity contribution in [2.75, 3.05) is 12.3 Å². The van der Waals surface area contributed by atoms with Gasteiger partial charge in [0.1, 0.15) is 17.1 Å².